The van der Waals surface area contributed by atoms with Gasteiger partial charge in [0.2, 0.25) is 0 Å². The van der Waals surface area contributed by atoms with E-state index < -0.39 is 23.5 Å². The van der Waals surface area contributed by atoms with Crippen molar-refractivity contribution in [2.24, 2.45) is 0 Å². The predicted octanol–water partition coefficient (Wildman–Crippen LogP) is 4.46. The average Bonchev–Trinajstić information content (AvgIpc) is 3.05. The van der Waals surface area contributed by atoms with E-state index in [0.29, 0.717) is 22.6 Å². The van der Waals surface area contributed by atoms with Crippen LogP contribution in [0.3, 0.4) is 0 Å². The second-order valence-corrected chi connectivity index (χ2v) is 6.78. The molecule has 1 N–H and O–H groups in total. The van der Waals surface area contributed by atoms with Gasteiger partial charge in [0.1, 0.15) is 17.3 Å². The summed E-state index contributed by atoms with van der Waals surface area (Å²) in [6, 6.07) is 19.9. The number of ether oxygens (including phenoxy) is 1. The first-order chi connectivity index (χ1) is 14.5. The van der Waals surface area contributed by atoms with E-state index in [0.717, 1.165) is 0 Å². The number of ketones is 1. The summed E-state index contributed by atoms with van der Waals surface area (Å²) in [5.74, 6) is -1.71. The number of hydrogen-bond acceptors (Lipinski definition) is 4. The Morgan fingerprint density at radius 2 is 1.57 bits per heavy atom. The third-order valence-electron chi connectivity index (χ3n) is 5.03. The molecular formula is C24H18FNO4. The molecule has 1 heterocycles. The number of rotatable bonds is 4. The van der Waals surface area contributed by atoms with Crippen LogP contribution in [0.4, 0.5) is 10.1 Å². The molecule has 0 bridgehead atoms. The lowest BCUT2D eigenvalue weighted by molar-refractivity contribution is -0.132. The van der Waals surface area contributed by atoms with Gasteiger partial charge in [0.05, 0.1) is 18.7 Å². The summed E-state index contributed by atoms with van der Waals surface area (Å²) in [6.45, 7) is 0. The molecule has 5 nitrogen and oxygen atoms in total. The van der Waals surface area contributed by atoms with Gasteiger partial charge >= 0.3 is 0 Å². The fourth-order valence-electron chi connectivity index (χ4n) is 3.55. The van der Waals surface area contributed by atoms with E-state index in [1.54, 1.807) is 54.6 Å². The third-order valence-corrected chi connectivity index (χ3v) is 5.03. The van der Waals surface area contributed by atoms with Crippen molar-refractivity contribution in [1.82, 2.24) is 0 Å². The van der Waals surface area contributed by atoms with Gasteiger partial charge in [-0.2, -0.15) is 0 Å². The molecule has 1 amide bonds. The molecule has 0 unspecified atom stereocenters. The van der Waals surface area contributed by atoms with Gasteiger partial charge in [-0.25, -0.2) is 4.39 Å². The Kier molecular flexibility index (Phi) is 5.06. The first-order valence-electron chi connectivity index (χ1n) is 9.27. The molecule has 0 aliphatic carbocycles. The van der Waals surface area contributed by atoms with E-state index in [-0.39, 0.29) is 11.3 Å². The molecule has 3 aromatic rings. The number of methoxy groups -OCH3 is 1. The second-order valence-electron chi connectivity index (χ2n) is 6.78. The summed E-state index contributed by atoms with van der Waals surface area (Å²) in [5, 5.41) is 10.9. The first kappa shape index (κ1) is 19.4. The molecule has 6 heteroatoms. The lowest BCUT2D eigenvalue weighted by Gasteiger charge is -2.25. The molecule has 0 radical (unpaired) electrons. The number of amides is 1. The van der Waals surface area contributed by atoms with Crippen molar-refractivity contribution in [1.29, 1.82) is 0 Å². The van der Waals surface area contributed by atoms with Crippen LogP contribution < -0.4 is 9.64 Å². The molecular weight excluding hydrogens is 385 g/mol. The summed E-state index contributed by atoms with van der Waals surface area (Å²) in [7, 11) is 1.54. The number of benzene rings is 3. The maximum atomic E-state index is 13.4. The smallest absolute Gasteiger partial charge is 0.300 e. The number of carbonyl (C=O) groups excluding carboxylic acids is 2. The van der Waals surface area contributed by atoms with Gasteiger partial charge in [-0.05, 0) is 42.0 Å². The fraction of sp³-hybridized carbons (Fsp3) is 0.0833. The Morgan fingerprint density at radius 1 is 0.933 bits per heavy atom. The van der Waals surface area contributed by atoms with E-state index in [4.69, 9.17) is 4.74 Å². The zero-order valence-electron chi connectivity index (χ0n) is 16.1. The highest BCUT2D eigenvalue weighted by atomic mass is 19.1. The lowest BCUT2D eigenvalue weighted by atomic mass is 9.95. The zero-order valence-corrected chi connectivity index (χ0v) is 16.1. The standard InChI is InChI=1S/C24H18FNO4/c1-30-19-13-7-15(8-14-19)21-20(22(27)16-5-3-2-4-6-16)23(28)24(29)26(21)18-11-9-17(25)10-12-18/h2-14,21,27H,1H3/t21-/m0/s1. The van der Waals surface area contributed by atoms with Crippen LogP contribution in [0, 0.1) is 5.82 Å². The van der Waals surface area contributed by atoms with Crippen LogP contribution in [-0.4, -0.2) is 23.9 Å². The summed E-state index contributed by atoms with van der Waals surface area (Å²) >= 11 is 0. The Balaban J connectivity index is 1.92. The van der Waals surface area contributed by atoms with Crippen LogP contribution in [0.25, 0.3) is 5.76 Å². The van der Waals surface area contributed by atoms with E-state index in [1.807, 2.05) is 0 Å². The van der Waals surface area contributed by atoms with Crippen molar-refractivity contribution in [3.63, 3.8) is 0 Å². The number of aliphatic hydroxyl groups is 1. The minimum absolute atomic E-state index is 0.0271. The minimum Gasteiger partial charge on any atom is -0.507 e. The number of halogens is 1. The van der Waals surface area contributed by atoms with E-state index in [9.17, 15) is 19.1 Å². The lowest BCUT2D eigenvalue weighted by Crippen LogP contribution is -2.29. The predicted molar refractivity (Wildman–Crippen MR) is 111 cm³/mol. The molecule has 0 saturated carbocycles. The van der Waals surface area contributed by atoms with Crippen molar-refractivity contribution in [2.75, 3.05) is 12.0 Å². The van der Waals surface area contributed by atoms with Gasteiger partial charge in [-0.15, -0.1) is 0 Å². The number of carbonyl (C=O) groups is 2. The summed E-state index contributed by atoms with van der Waals surface area (Å²) in [4.78, 5) is 27.2. The molecule has 0 aromatic heterocycles. The Labute approximate surface area is 172 Å². The zero-order chi connectivity index (χ0) is 21.3. The van der Waals surface area contributed by atoms with Crippen LogP contribution in [0.1, 0.15) is 17.2 Å². The van der Waals surface area contributed by atoms with Gasteiger partial charge in [-0.3, -0.25) is 14.5 Å². The first-order valence-corrected chi connectivity index (χ1v) is 9.27. The normalized spacial score (nSPS) is 17.9. The molecule has 30 heavy (non-hydrogen) atoms. The van der Waals surface area contributed by atoms with Crippen molar-refractivity contribution >= 4 is 23.1 Å². The van der Waals surface area contributed by atoms with E-state index in [1.165, 1.54) is 36.3 Å². The van der Waals surface area contributed by atoms with Crippen LogP contribution in [0.2, 0.25) is 0 Å². The summed E-state index contributed by atoms with van der Waals surface area (Å²) in [6.07, 6.45) is 0. The summed E-state index contributed by atoms with van der Waals surface area (Å²) < 4.78 is 18.6. The maximum Gasteiger partial charge on any atom is 0.300 e. The molecule has 1 atom stereocenters. The molecule has 3 aromatic carbocycles. The number of nitrogens with zero attached hydrogens (tertiary/aromatic N) is 1. The molecule has 150 valence electrons. The van der Waals surface area contributed by atoms with E-state index in [2.05, 4.69) is 0 Å². The Hall–Kier alpha value is -3.93. The Bertz CT molecular complexity index is 1120. The average molecular weight is 403 g/mol. The molecule has 1 fully saturated rings. The molecule has 1 saturated heterocycles. The quantitative estimate of drug-likeness (QED) is 0.397. The monoisotopic (exact) mass is 403 g/mol. The van der Waals surface area contributed by atoms with Crippen LogP contribution >= 0.6 is 0 Å². The summed E-state index contributed by atoms with van der Waals surface area (Å²) in [5.41, 5.74) is 1.36. The number of anilines is 1. The van der Waals surface area contributed by atoms with Crippen molar-refractivity contribution in [3.8, 4) is 5.75 Å². The van der Waals surface area contributed by atoms with Crippen molar-refractivity contribution in [2.45, 2.75) is 6.04 Å². The number of aliphatic hydroxyl groups excluding tert-OH is 1. The highest BCUT2D eigenvalue weighted by Crippen LogP contribution is 2.42. The van der Waals surface area contributed by atoms with E-state index >= 15 is 0 Å². The highest BCUT2D eigenvalue weighted by Gasteiger charge is 2.46. The van der Waals surface area contributed by atoms with Crippen LogP contribution in [0.5, 0.6) is 5.75 Å². The largest absolute Gasteiger partial charge is 0.507 e. The van der Waals surface area contributed by atoms with Gasteiger partial charge in [0, 0.05) is 11.3 Å². The van der Waals surface area contributed by atoms with Gasteiger partial charge in [0.15, 0.2) is 0 Å². The molecule has 1 aliphatic rings. The second kappa shape index (κ2) is 7.83. The topological polar surface area (TPSA) is 66.8 Å². The fourth-order valence-corrected chi connectivity index (χ4v) is 3.55. The molecule has 4 rings (SSSR count). The number of hydrogen-bond donors (Lipinski definition) is 1. The SMILES string of the molecule is COc1ccc([C@H]2C(=C(O)c3ccccc3)C(=O)C(=O)N2c2ccc(F)cc2)cc1. The Morgan fingerprint density at radius 3 is 2.17 bits per heavy atom. The van der Waals surface area contributed by atoms with Crippen molar-refractivity contribution < 1.29 is 23.8 Å². The number of Topliss-reactive ketones (excluding diaryl/α,β-unsaturated/α-hetero) is 1. The van der Waals surface area contributed by atoms with Crippen LogP contribution in [0.15, 0.2) is 84.4 Å². The van der Waals surface area contributed by atoms with Crippen molar-refractivity contribution in [3.05, 3.63) is 101 Å². The third kappa shape index (κ3) is 3.33. The van der Waals surface area contributed by atoms with Gasteiger partial charge < -0.3 is 9.84 Å². The molecule has 0 spiro atoms. The van der Waals surface area contributed by atoms with Gasteiger partial charge in [0.25, 0.3) is 11.7 Å². The highest BCUT2D eigenvalue weighted by molar-refractivity contribution is 6.51. The van der Waals surface area contributed by atoms with Crippen LogP contribution in [-0.2, 0) is 9.59 Å². The minimum atomic E-state index is -0.874. The molecule has 1 aliphatic heterocycles. The maximum absolute atomic E-state index is 13.4. The van der Waals surface area contributed by atoms with Gasteiger partial charge in [-0.1, -0.05) is 42.5 Å².